The molecule has 0 amide bonds. The second kappa shape index (κ2) is 5.75. The van der Waals surface area contributed by atoms with Gasteiger partial charge in [-0.15, -0.1) is 0 Å². The van der Waals surface area contributed by atoms with Gasteiger partial charge in [0.25, 0.3) is 0 Å². The Morgan fingerprint density at radius 3 is 2.63 bits per heavy atom. The predicted molar refractivity (Wildman–Crippen MR) is 72.5 cm³/mol. The van der Waals surface area contributed by atoms with E-state index >= 15 is 0 Å². The first-order valence-electron chi connectivity index (χ1n) is 6.31. The van der Waals surface area contributed by atoms with Crippen LogP contribution in [-0.2, 0) is 11.2 Å². The Morgan fingerprint density at radius 2 is 2.00 bits per heavy atom. The molecule has 0 saturated carbocycles. The lowest BCUT2D eigenvalue weighted by atomic mass is 10.0. The molecular formula is C14H18N4O. The van der Waals surface area contributed by atoms with E-state index in [2.05, 4.69) is 10.1 Å². The topological polar surface area (TPSA) is 73.8 Å². The van der Waals surface area contributed by atoms with Gasteiger partial charge in [0, 0.05) is 6.04 Å². The van der Waals surface area contributed by atoms with Gasteiger partial charge in [0.1, 0.15) is 12.2 Å². The Hall–Kier alpha value is -2.01. The lowest BCUT2D eigenvalue weighted by Crippen LogP contribution is -2.24. The van der Waals surface area contributed by atoms with Crippen LogP contribution in [0, 0.1) is 0 Å². The van der Waals surface area contributed by atoms with Gasteiger partial charge < -0.3 is 5.73 Å². The van der Waals surface area contributed by atoms with Gasteiger partial charge in [0.05, 0.1) is 12.5 Å². The molecule has 0 fully saturated rings. The van der Waals surface area contributed by atoms with Crippen molar-refractivity contribution in [2.75, 3.05) is 0 Å². The maximum absolute atomic E-state index is 12.2. The molecule has 5 heteroatoms. The number of nitrogens with zero attached hydrogens (tertiary/aromatic N) is 3. The van der Waals surface area contributed by atoms with E-state index in [1.54, 1.807) is 4.68 Å². The van der Waals surface area contributed by atoms with Gasteiger partial charge in [0.15, 0.2) is 5.78 Å². The van der Waals surface area contributed by atoms with Gasteiger partial charge in [-0.1, -0.05) is 30.3 Å². The molecule has 5 nitrogen and oxygen atoms in total. The van der Waals surface area contributed by atoms with Crippen LogP contribution in [-0.4, -0.2) is 20.5 Å². The van der Waals surface area contributed by atoms with Crippen LogP contribution in [0.3, 0.4) is 0 Å². The molecule has 0 bridgehead atoms. The number of aromatic nitrogens is 3. The Labute approximate surface area is 112 Å². The molecule has 2 aromatic rings. The van der Waals surface area contributed by atoms with Gasteiger partial charge in [-0.3, -0.25) is 4.79 Å². The highest BCUT2D eigenvalue weighted by molar-refractivity contribution is 5.86. The monoisotopic (exact) mass is 258 g/mol. The number of carbonyl (C=O) groups is 1. The zero-order chi connectivity index (χ0) is 13.8. The molecular weight excluding hydrogens is 240 g/mol. The normalized spacial score (nSPS) is 12.6. The molecule has 1 heterocycles. The van der Waals surface area contributed by atoms with Crippen LogP contribution in [0.5, 0.6) is 0 Å². The molecule has 0 aliphatic carbocycles. The van der Waals surface area contributed by atoms with Crippen molar-refractivity contribution in [3.8, 4) is 0 Å². The molecule has 2 rings (SSSR count). The number of nitrogens with two attached hydrogens (primary N) is 1. The van der Waals surface area contributed by atoms with Gasteiger partial charge >= 0.3 is 0 Å². The maximum atomic E-state index is 12.2. The van der Waals surface area contributed by atoms with E-state index in [0.29, 0.717) is 5.82 Å². The van der Waals surface area contributed by atoms with Crippen LogP contribution in [0.2, 0.25) is 0 Å². The number of benzene rings is 1. The quantitative estimate of drug-likeness (QED) is 0.885. The molecule has 100 valence electrons. The summed E-state index contributed by atoms with van der Waals surface area (Å²) in [4.78, 5) is 16.3. The number of carbonyl (C=O) groups excluding carboxylic acids is 1. The first kappa shape index (κ1) is 13.4. The second-order valence-electron chi connectivity index (χ2n) is 4.75. The first-order chi connectivity index (χ1) is 9.09. The molecule has 0 spiro atoms. The minimum atomic E-state index is -0.612. The fourth-order valence-corrected chi connectivity index (χ4v) is 1.94. The predicted octanol–water partition coefficient (Wildman–Crippen LogP) is 1.67. The molecule has 1 unspecified atom stereocenters. The van der Waals surface area contributed by atoms with Crippen LogP contribution >= 0.6 is 0 Å². The number of ketones is 1. The van der Waals surface area contributed by atoms with Gasteiger partial charge in [-0.2, -0.15) is 5.10 Å². The number of Topliss-reactive ketones (excluding diaryl/α,β-unsaturated/α-hetero) is 1. The van der Waals surface area contributed by atoms with Crippen molar-refractivity contribution < 1.29 is 4.79 Å². The average Bonchev–Trinajstić information content (AvgIpc) is 2.87. The van der Waals surface area contributed by atoms with Crippen molar-refractivity contribution in [2.45, 2.75) is 32.4 Å². The number of hydrogen-bond donors (Lipinski definition) is 1. The maximum Gasteiger partial charge on any atom is 0.161 e. The van der Waals surface area contributed by atoms with Crippen molar-refractivity contribution in [3.05, 3.63) is 48.0 Å². The summed E-state index contributed by atoms with van der Waals surface area (Å²) >= 11 is 0. The lowest BCUT2D eigenvalue weighted by Gasteiger charge is -2.12. The van der Waals surface area contributed by atoms with Crippen molar-refractivity contribution in [1.82, 2.24) is 14.8 Å². The molecule has 0 radical (unpaired) electrons. The van der Waals surface area contributed by atoms with E-state index in [4.69, 9.17) is 5.73 Å². The molecule has 19 heavy (non-hydrogen) atoms. The first-order valence-corrected chi connectivity index (χ1v) is 6.31. The van der Waals surface area contributed by atoms with E-state index in [9.17, 15) is 4.79 Å². The fourth-order valence-electron chi connectivity index (χ4n) is 1.94. The average molecular weight is 258 g/mol. The summed E-state index contributed by atoms with van der Waals surface area (Å²) in [5, 5.41) is 4.11. The van der Waals surface area contributed by atoms with Gasteiger partial charge in [-0.25, -0.2) is 9.67 Å². The SMILES string of the molecule is CC(C)n1ncnc1CC(=O)C(N)c1ccccc1. The minimum Gasteiger partial charge on any atom is -0.318 e. The summed E-state index contributed by atoms with van der Waals surface area (Å²) in [6.45, 7) is 4.00. The van der Waals surface area contributed by atoms with E-state index in [1.807, 2.05) is 44.2 Å². The van der Waals surface area contributed by atoms with E-state index in [-0.39, 0.29) is 18.2 Å². The summed E-state index contributed by atoms with van der Waals surface area (Å²) in [7, 11) is 0. The standard InChI is InChI=1S/C14H18N4O/c1-10(2)18-13(16-9-17-18)8-12(19)14(15)11-6-4-3-5-7-11/h3-7,9-10,14H,8,15H2,1-2H3. The van der Waals surface area contributed by atoms with E-state index in [1.165, 1.54) is 6.33 Å². The minimum absolute atomic E-state index is 0.0545. The molecule has 1 atom stereocenters. The summed E-state index contributed by atoms with van der Waals surface area (Å²) in [5.74, 6) is 0.604. The van der Waals surface area contributed by atoms with Gasteiger partial charge in [0.2, 0.25) is 0 Å². The molecule has 0 aliphatic rings. The third kappa shape index (κ3) is 3.06. The summed E-state index contributed by atoms with van der Waals surface area (Å²) in [6, 6.07) is 8.93. The van der Waals surface area contributed by atoms with Crippen LogP contribution < -0.4 is 5.73 Å². The molecule has 1 aromatic heterocycles. The third-order valence-corrected chi connectivity index (χ3v) is 2.97. The molecule has 0 aliphatic heterocycles. The zero-order valence-corrected chi connectivity index (χ0v) is 11.2. The van der Waals surface area contributed by atoms with Crippen molar-refractivity contribution >= 4 is 5.78 Å². The Bertz CT molecular complexity index is 548. The largest absolute Gasteiger partial charge is 0.318 e. The Balaban J connectivity index is 2.11. The van der Waals surface area contributed by atoms with Gasteiger partial charge in [-0.05, 0) is 19.4 Å². The zero-order valence-electron chi connectivity index (χ0n) is 11.2. The highest BCUT2D eigenvalue weighted by atomic mass is 16.1. The molecule has 1 aromatic carbocycles. The van der Waals surface area contributed by atoms with E-state index < -0.39 is 6.04 Å². The van der Waals surface area contributed by atoms with Crippen LogP contribution in [0.15, 0.2) is 36.7 Å². The Kier molecular flexibility index (Phi) is 4.06. The number of rotatable bonds is 5. The van der Waals surface area contributed by atoms with Crippen molar-refractivity contribution in [1.29, 1.82) is 0 Å². The van der Waals surface area contributed by atoms with Crippen LogP contribution in [0.4, 0.5) is 0 Å². The lowest BCUT2D eigenvalue weighted by molar-refractivity contribution is -0.119. The molecule has 2 N–H and O–H groups in total. The third-order valence-electron chi connectivity index (χ3n) is 2.97. The molecule has 0 saturated heterocycles. The van der Waals surface area contributed by atoms with E-state index in [0.717, 1.165) is 5.56 Å². The fraction of sp³-hybridized carbons (Fsp3) is 0.357. The van der Waals surface area contributed by atoms with Crippen LogP contribution in [0.25, 0.3) is 0 Å². The van der Waals surface area contributed by atoms with Crippen LogP contribution in [0.1, 0.15) is 37.3 Å². The smallest absolute Gasteiger partial charge is 0.161 e. The highest BCUT2D eigenvalue weighted by Crippen LogP contribution is 2.14. The second-order valence-corrected chi connectivity index (χ2v) is 4.75. The van der Waals surface area contributed by atoms with Crippen molar-refractivity contribution in [3.63, 3.8) is 0 Å². The van der Waals surface area contributed by atoms with Crippen molar-refractivity contribution in [2.24, 2.45) is 5.73 Å². The highest BCUT2D eigenvalue weighted by Gasteiger charge is 2.19. The number of hydrogen-bond acceptors (Lipinski definition) is 4. The summed E-state index contributed by atoms with van der Waals surface area (Å²) < 4.78 is 1.75. The Morgan fingerprint density at radius 1 is 1.32 bits per heavy atom. The summed E-state index contributed by atoms with van der Waals surface area (Å²) in [5.41, 5.74) is 6.80. The summed E-state index contributed by atoms with van der Waals surface area (Å²) in [6.07, 6.45) is 1.67.